The molecule has 2 rings (SSSR count). The summed E-state index contributed by atoms with van der Waals surface area (Å²) in [7, 11) is 0. The maximum atomic E-state index is 13.7. The number of nitrogens with zero attached hydrogens (tertiary/aromatic N) is 1. The maximum absolute atomic E-state index is 13.7. The van der Waals surface area contributed by atoms with Gasteiger partial charge in [-0.1, -0.05) is 12.1 Å². The lowest BCUT2D eigenvalue weighted by molar-refractivity contribution is 0.112. The average molecular weight is 230 g/mol. The number of carbonyl (C=O) groups is 1. The van der Waals surface area contributed by atoms with Crippen LogP contribution in [-0.4, -0.2) is 11.3 Å². The molecule has 3 nitrogen and oxygen atoms in total. The SMILES string of the molecule is Cc1cccc(F)c1-c1ccc(N)c(C=O)n1. The Balaban J connectivity index is 2.65. The van der Waals surface area contributed by atoms with E-state index in [-0.39, 0.29) is 17.2 Å². The van der Waals surface area contributed by atoms with Crippen LogP contribution in [-0.2, 0) is 0 Å². The molecule has 1 aromatic carbocycles. The van der Waals surface area contributed by atoms with E-state index in [4.69, 9.17) is 5.73 Å². The molecule has 0 unspecified atom stereocenters. The lowest BCUT2D eigenvalue weighted by atomic mass is 10.0. The molecule has 86 valence electrons. The Kier molecular flexibility index (Phi) is 2.87. The van der Waals surface area contributed by atoms with E-state index >= 15 is 0 Å². The predicted molar refractivity (Wildman–Crippen MR) is 64.2 cm³/mol. The van der Waals surface area contributed by atoms with E-state index in [2.05, 4.69) is 4.98 Å². The maximum Gasteiger partial charge on any atom is 0.170 e. The summed E-state index contributed by atoms with van der Waals surface area (Å²) < 4.78 is 13.7. The minimum absolute atomic E-state index is 0.130. The number of nitrogens with two attached hydrogens (primary N) is 1. The highest BCUT2D eigenvalue weighted by Crippen LogP contribution is 2.25. The quantitative estimate of drug-likeness (QED) is 0.807. The molecule has 0 amide bonds. The Morgan fingerprint density at radius 3 is 2.71 bits per heavy atom. The predicted octanol–water partition coefficient (Wildman–Crippen LogP) is 2.59. The Morgan fingerprint density at radius 2 is 2.06 bits per heavy atom. The van der Waals surface area contributed by atoms with E-state index in [1.54, 1.807) is 31.2 Å². The zero-order chi connectivity index (χ0) is 12.4. The normalized spacial score (nSPS) is 10.2. The molecule has 0 saturated heterocycles. The van der Waals surface area contributed by atoms with Gasteiger partial charge in [0, 0.05) is 5.56 Å². The zero-order valence-corrected chi connectivity index (χ0v) is 9.27. The molecule has 4 heteroatoms. The first kappa shape index (κ1) is 11.3. The molecule has 0 spiro atoms. The van der Waals surface area contributed by atoms with Crippen LogP contribution in [0.1, 0.15) is 16.1 Å². The molecule has 0 radical (unpaired) electrons. The molecular formula is C13H11FN2O. The molecule has 1 heterocycles. The number of carbonyl (C=O) groups excluding carboxylic acids is 1. The highest BCUT2D eigenvalue weighted by molar-refractivity contribution is 5.82. The largest absolute Gasteiger partial charge is 0.397 e. The van der Waals surface area contributed by atoms with Gasteiger partial charge in [0.1, 0.15) is 11.5 Å². The van der Waals surface area contributed by atoms with Crippen molar-refractivity contribution in [2.24, 2.45) is 0 Å². The first-order valence-electron chi connectivity index (χ1n) is 5.10. The van der Waals surface area contributed by atoms with Crippen molar-refractivity contribution >= 4 is 12.0 Å². The fourth-order valence-corrected chi connectivity index (χ4v) is 1.68. The third kappa shape index (κ3) is 2.01. The topological polar surface area (TPSA) is 56.0 Å². The van der Waals surface area contributed by atoms with Crippen LogP contribution in [0.2, 0.25) is 0 Å². The van der Waals surface area contributed by atoms with E-state index in [9.17, 15) is 9.18 Å². The van der Waals surface area contributed by atoms with Crippen LogP contribution in [0, 0.1) is 12.7 Å². The van der Waals surface area contributed by atoms with Crippen molar-refractivity contribution in [2.45, 2.75) is 6.92 Å². The first-order valence-corrected chi connectivity index (χ1v) is 5.10. The number of hydrogen-bond donors (Lipinski definition) is 1. The summed E-state index contributed by atoms with van der Waals surface area (Å²) in [5, 5.41) is 0. The number of benzene rings is 1. The van der Waals surface area contributed by atoms with Gasteiger partial charge < -0.3 is 5.73 Å². The number of nitrogen functional groups attached to an aromatic ring is 1. The molecule has 0 atom stereocenters. The number of aryl methyl sites for hydroxylation is 1. The van der Waals surface area contributed by atoms with E-state index in [1.165, 1.54) is 6.07 Å². The molecule has 17 heavy (non-hydrogen) atoms. The monoisotopic (exact) mass is 230 g/mol. The van der Waals surface area contributed by atoms with Crippen molar-refractivity contribution in [3.63, 3.8) is 0 Å². The van der Waals surface area contributed by atoms with Gasteiger partial charge in [0.15, 0.2) is 6.29 Å². The third-order valence-corrected chi connectivity index (χ3v) is 2.55. The molecule has 0 aliphatic rings. The fourth-order valence-electron chi connectivity index (χ4n) is 1.68. The van der Waals surface area contributed by atoms with Crippen LogP contribution in [0.4, 0.5) is 10.1 Å². The van der Waals surface area contributed by atoms with Crippen LogP contribution in [0.5, 0.6) is 0 Å². The van der Waals surface area contributed by atoms with E-state index in [0.717, 1.165) is 5.56 Å². The Hall–Kier alpha value is -2.23. The van der Waals surface area contributed by atoms with Gasteiger partial charge in [-0.05, 0) is 30.7 Å². The summed E-state index contributed by atoms with van der Waals surface area (Å²) in [6.45, 7) is 1.79. The van der Waals surface area contributed by atoms with Crippen LogP contribution in [0.3, 0.4) is 0 Å². The van der Waals surface area contributed by atoms with Crippen molar-refractivity contribution in [3.8, 4) is 11.3 Å². The van der Waals surface area contributed by atoms with Gasteiger partial charge >= 0.3 is 0 Å². The lowest BCUT2D eigenvalue weighted by Crippen LogP contribution is -1.99. The molecule has 0 bridgehead atoms. The Morgan fingerprint density at radius 1 is 1.29 bits per heavy atom. The molecule has 2 N–H and O–H groups in total. The van der Waals surface area contributed by atoms with Gasteiger partial charge in [-0.2, -0.15) is 0 Å². The summed E-state index contributed by atoms with van der Waals surface area (Å²) in [6, 6.07) is 7.94. The van der Waals surface area contributed by atoms with Crippen LogP contribution in [0.25, 0.3) is 11.3 Å². The highest BCUT2D eigenvalue weighted by Gasteiger charge is 2.11. The number of rotatable bonds is 2. The first-order chi connectivity index (χ1) is 8.13. The Labute approximate surface area is 98.1 Å². The highest BCUT2D eigenvalue weighted by atomic mass is 19.1. The van der Waals surface area contributed by atoms with Gasteiger partial charge in [-0.3, -0.25) is 4.79 Å². The number of anilines is 1. The molecule has 0 aliphatic heterocycles. The summed E-state index contributed by atoms with van der Waals surface area (Å²) >= 11 is 0. The molecule has 0 saturated carbocycles. The molecule has 0 fully saturated rings. The molecule has 0 aliphatic carbocycles. The van der Waals surface area contributed by atoms with Gasteiger partial charge in [-0.15, -0.1) is 0 Å². The minimum atomic E-state index is -0.362. The summed E-state index contributed by atoms with van der Waals surface area (Å²) in [5.41, 5.74) is 7.56. The second kappa shape index (κ2) is 4.33. The van der Waals surface area contributed by atoms with Crippen molar-refractivity contribution < 1.29 is 9.18 Å². The second-order valence-electron chi connectivity index (χ2n) is 3.72. The lowest BCUT2D eigenvalue weighted by Gasteiger charge is -2.07. The summed E-state index contributed by atoms with van der Waals surface area (Å²) in [6.07, 6.45) is 0.564. The molecule has 2 aromatic rings. The zero-order valence-electron chi connectivity index (χ0n) is 9.27. The number of hydrogen-bond acceptors (Lipinski definition) is 3. The number of aromatic nitrogens is 1. The van der Waals surface area contributed by atoms with E-state index in [0.29, 0.717) is 17.5 Å². The standard InChI is InChI=1S/C13H11FN2O/c1-8-3-2-4-9(14)13(8)11-6-5-10(15)12(7-17)16-11/h2-7H,15H2,1H3. The van der Waals surface area contributed by atoms with Gasteiger partial charge in [0.05, 0.1) is 11.4 Å². The minimum Gasteiger partial charge on any atom is -0.397 e. The van der Waals surface area contributed by atoms with Crippen LogP contribution < -0.4 is 5.73 Å². The van der Waals surface area contributed by atoms with Crippen molar-refractivity contribution in [2.75, 3.05) is 5.73 Å². The number of halogens is 1. The van der Waals surface area contributed by atoms with Crippen LogP contribution in [0.15, 0.2) is 30.3 Å². The Bertz CT molecular complexity index is 561. The van der Waals surface area contributed by atoms with Gasteiger partial charge in [-0.25, -0.2) is 9.37 Å². The van der Waals surface area contributed by atoms with Crippen molar-refractivity contribution in [1.82, 2.24) is 4.98 Å². The molecule has 1 aromatic heterocycles. The van der Waals surface area contributed by atoms with E-state index < -0.39 is 0 Å². The average Bonchev–Trinajstić information content (AvgIpc) is 2.31. The van der Waals surface area contributed by atoms with Crippen molar-refractivity contribution in [3.05, 3.63) is 47.4 Å². The fraction of sp³-hybridized carbons (Fsp3) is 0.0769. The van der Waals surface area contributed by atoms with Crippen LogP contribution >= 0.6 is 0 Å². The summed E-state index contributed by atoms with van der Waals surface area (Å²) in [5.74, 6) is -0.362. The van der Waals surface area contributed by atoms with Gasteiger partial charge in [0.2, 0.25) is 0 Å². The van der Waals surface area contributed by atoms with E-state index in [1.807, 2.05) is 0 Å². The third-order valence-electron chi connectivity index (χ3n) is 2.55. The van der Waals surface area contributed by atoms with Crippen molar-refractivity contribution in [1.29, 1.82) is 0 Å². The van der Waals surface area contributed by atoms with Gasteiger partial charge in [0.25, 0.3) is 0 Å². The summed E-state index contributed by atoms with van der Waals surface area (Å²) in [4.78, 5) is 14.8. The smallest absolute Gasteiger partial charge is 0.170 e. The number of pyridine rings is 1. The second-order valence-corrected chi connectivity index (χ2v) is 3.72. The number of aldehydes is 1. The molecular weight excluding hydrogens is 219 g/mol.